The second kappa shape index (κ2) is 8.53. The summed E-state index contributed by atoms with van der Waals surface area (Å²) in [5, 5.41) is 2.77. The van der Waals surface area contributed by atoms with Gasteiger partial charge < -0.3 is 14.8 Å². The number of hydrogen-bond donors (Lipinski definition) is 1. The molecule has 0 unspecified atom stereocenters. The number of carbonyl (C=O) groups excluding carboxylic acids is 1. The monoisotopic (exact) mass is 372 g/mol. The molecule has 0 atom stereocenters. The van der Waals surface area contributed by atoms with Gasteiger partial charge in [-0.2, -0.15) is 4.31 Å². The number of nitrogens with zero attached hydrogens (tertiary/aromatic N) is 1. The molecule has 1 aromatic rings. The second-order valence-corrected chi connectivity index (χ2v) is 8.82. The van der Waals surface area contributed by atoms with Crippen LogP contribution in [-0.2, 0) is 21.2 Å². The Bertz CT molecular complexity index is 695. The molecule has 0 saturated carbocycles. The van der Waals surface area contributed by atoms with Gasteiger partial charge in [-0.25, -0.2) is 8.42 Å². The zero-order valence-electron chi connectivity index (χ0n) is 15.8. The molecule has 0 aromatic heterocycles. The second-order valence-electron chi connectivity index (χ2n) is 6.83. The van der Waals surface area contributed by atoms with E-state index in [0.717, 1.165) is 11.8 Å². The molecule has 0 heterocycles. The molecule has 0 aliphatic carbocycles. The van der Waals surface area contributed by atoms with Crippen molar-refractivity contribution in [3.05, 3.63) is 23.8 Å². The van der Waals surface area contributed by atoms with E-state index in [1.165, 1.54) is 4.31 Å². The summed E-state index contributed by atoms with van der Waals surface area (Å²) in [6.45, 7) is 5.53. The largest absolute Gasteiger partial charge is 0.493 e. The van der Waals surface area contributed by atoms with E-state index in [0.29, 0.717) is 17.9 Å². The van der Waals surface area contributed by atoms with Gasteiger partial charge in [0.1, 0.15) is 0 Å². The lowest BCUT2D eigenvalue weighted by Gasteiger charge is -2.24. The van der Waals surface area contributed by atoms with E-state index in [9.17, 15) is 13.2 Å². The third-order valence-electron chi connectivity index (χ3n) is 3.40. The van der Waals surface area contributed by atoms with Gasteiger partial charge in [-0.1, -0.05) is 6.07 Å². The van der Waals surface area contributed by atoms with Crippen LogP contribution in [0.2, 0.25) is 0 Å². The molecule has 0 spiro atoms. The van der Waals surface area contributed by atoms with Gasteiger partial charge in [0, 0.05) is 12.1 Å². The topological polar surface area (TPSA) is 84.9 Å². The van der Waals surface area contributed by atoms with Crippen LogP contribution in [0, 0.1) is 0 Å². The standard InChI is InChI=1S/C17H28N2O5S/c1-17(2,3)18-16(20)12-19(25(6,21)22)10-9-13-7-8-14(23-4)15(11-13)24-5/h7-8,11H,9-10,12H2,1-6H3,(H,18,20). The Balaban J connectivity index is 2.82. The van der Waals surface area contributed by atoms with Gasteiger partial charge >= 0.3 is 0 Å². The summed E-state index contributed by atoms with van der Waals surface area (Å²) in [5.41, 5.74) is 0.478. The first-order chi connectivity index (χ1) is 11.5. The summed E-state index contributed by atoms with van der Waals surface area (Å²) in [4.78, 5) is 12.1. The third-order valence-corrected chi connectivity index (χ3v) is 4.65. The van der Waals surface area contributed by atoms with Crippen LogP contribution < -0.4 is 14.8 Å². The summed E-state index contributed by atoms with van der Waals surface area (Å²) in [7, 11) is -0.402. The van der Waals surface area contributed by atoms with Crippen LogP contribution in [0.1, 0.15) is 26.3 Å². The maximum Gasteiger partial charge on any atom is 0.235 e. The summed E-state index contributed by atoms with van der Waals surface area (Å²) >= 11 is 0. The average molecular weight is 372 g/mol. The van der Waals surface area contributed by atoms with Crippen molar-refractivity contribution >= 4 is 15.9 Å². The third kappa shape index (κ3) is 7.31. The normalized spacial score (nSPS) is 12.1. The first-order valence-corrected chi connectivity index (χ1v) is 9.78. The molecule has 25 heavy (non-hydrogen) atoms. The van der Waals surface area contributed by atoms with Crippen LogP contribution in [-0.4, -0.2) is 57.7 Å². The highest BCUT2D eigenvalue weighted by atomic mass is 32.2. The maximum absolute atomic E-state index is 12.1. The quantitative estimate of drug-likeness (QED) is 0.746. The molecule has 1 aromatic carbocycles. The first-order valence-electron chi connectivity index (χ1n) is 7.93. The van der Waals surface area contributed by atoms with Crippen LogP contribution in [0.15, 0.2) is 18.2 Å². The molecule has 0 aliphatic rings. The van der Waals surface area contributed by atoms with E-state index < -0.39 is 15.6 Å². The van der Waals surface area contributed by atoms with Crippen molar-refractivity contribution in [2.45, 2.75) is 32.7 Å². The molecular weight excluding hydrogens is 344 g/mol. The van der Waals surface area contributed by atoms with Crippen molar-refractivity contribution in [3.8, 4) is 11.5 Å². The Morgan fingerprint density at radius 3 is 2.24 bits per heavy atom. The lowest BCUT2D eigenvalue weighted by atomic mass is 10.1. The Kier molecular flexibility index (Phi) is 7.25. The van der Waals surface area contributed by atoms with Gasteiger partial charge in [0.15, 0.2) is 11.5 Å². The molecule has 0 saturated heterocycles. The average Bonchev–Trinajstić information content (AvgIpc) is 2.48. The smallest absolute Gasteiger partial charge is 0.235 e. The van der Waals surface area contributed by atoms with Crippen molar-refractivity contribution in [2.75, 3.05) is 33.6 Å². The Hall–Kier alpha value is -1.80. The SMILES string of the molecule is COc1ccc(CCN(CC(=O)NC(C)(C)C)S(C)(=O)=O)cc1OC. The number of ether oxygens (including phenoxy) is 2. The van der Waals surface area contributed by atoms with Gasteiger partial charge in [0.05, 0.1) is 27.0 Å². The lowest BCUT2D eigenvalue weighted by Crippen LogP contribution is -2.47. The van der Waals surface area contributed by atoms with Crippen LogP contribution in [0.5, 0.6) is 11.5 Å². The van der Waals surface area contributed by atoms with E-state index in [-0.39, 0.29) is 19.0 Å². The van der Waals surface area contributed by atoms with Crippen molar-refractivity contribution < 1.29 is 22.7 Å². The summed E-state index contributed by atoms with van der Waals surface area (Å²) < 4.78 is 35.6. The van der Waals surface area contributed by atoms with Crippen LogP contribution in [0.25, 0.3) is 0 Å². The highest BCUT2D eigenvalue weighted by Gasteiger charge is 2.22. The van der Waals surface area contributed by atoms with Crippen molar-refractivity contribution in [1.82, 2.24) is 9.62 Å². The molecule has 1 rings (SSSR count). The fourth-order valence-corrected chi connectivity index (χ4v) is 3.04. The first kappa shape index (κ1) is 21.2. The summed E-state index contributed by atoms with van der Waals surface area (Å²) in [6.07, 6.45) is 1.56. The van der Waals surface area contributed by atoms with Crippen molar-refractivity contribution in [1.29, 1.82) is 0 Å². The van der Waals surface area contributed by atoms with Gasteiger partial charge in [0.25, 0.3) is 0 Å². The minimum atomic E-state index is -3.50. The number of nitrogens with one attached hydrogen (secondary N) is 1. The highest BCUT2D eigenvalue weighted by Crippen LogP contribution is 2.27. The van der Waals surface area contributed by atoms with Gasteiger partial charge in [-0.3, -0.25) is 4.79 Å². The maximum atomic E-state index is 12.1. The molecule has 0 fully saturated rings. The number of benzene rings is 1. The Morgan fingerprint density at radius 1 is 1.16 bits per heavy atom. The molecule has 7 nitrogen and oxygen atoms in total. The molecular formula is C17H28N2O5S. The number of amides is 1. The fraction of sp³-hybridized carbons (Fsp3) is 0.588. The van der Waals surface area contributed by atoms with Gasteiger partial charge in [-0.05, 0) is 44.9 Å². The van der Waals surface area contributed by atoms with Crippen molar-refractivity contribution in [2.24, 2.45) is 0 Å². The van der Waals surface area contributed by atoms with E-state index in [1.54, 1.807) is 26.4 Å². The Morgan fingerprint density at radius 2 is 1.76 bits per heavy atom. The zero-order valence-corrected chi connectivity index (χ0v) is 16.6. The molecule has 142 valence electrons. The van der Waals surface area contributed by atoms with E-state index in [1.807, 2.05) is 26.8 Å². The summed E-state index contributed by atoms with van der Waals surface area (Å²) in [5.74, 6) is 0.859. The zero-order chi connectivity index (χ0) is 19.3. The summed E-state index contributed by atoms with van der Waals surface area (Å²) in [6, 6.07) is 5.41. The van der Waals surface area contributed by atoms with E-state index in [2.05, 4.69) is 5.32 Å². The van der Waals surface area contributed by atoms with Crippen LogP contribution in [0.3, 0.4) is 0 Å². The number of sulfonamides is 1. The minimum absolute atomic E-state index is 0.200. The number of rotatable bonds is 8. The molecule has 1 amide bonds. The van der Waals surface area contributed by atoms with Crippen LogP contribution >= 0.6 is 0 Å². The predicted molar refractivity (Wildman–Crippen MR) is 97.6 cm³/mol. The molecule has 0 aliphatic heterocycles. The number of carbonyl (C=O) groups is 1. The van der Waals surface area contributed by atoms with Crippen molar-refractivity contribution in [3.63, 3.8) is 0 Å². The van der Waals surface area contributed by atoms with E-state index >= 15 is 0 Å². The highest BCUT2D eigenvalue weighted by molar-refractivity contribution is 7.88. The molecule has 0 radical (unpaired) electrons. The fourth-order valence-electron chi connectivity index (χ4n) is 2.27. The van der Waals surface area contributed by atoms with E-state index in [4.69, 9.17) is 9.47 Å². The number of methoxy groups -OCH3 is 2. The Labute approximate surface area is 150 Å². The van der Waals surface area contributed by atoms with Gasteiger partial charge in [-0.15, -0.1) is 0 Å². The lowest BCUT2D eigenvalue weighted by molar-refractivity contribution is -0.122. The van der Waals surface area contributed by atoms with Crippen LogP contribution in [0.4, 0.5) is 0 Å². The number of hydrogen-bond acceptors (Lipinski definition) is 5. The molecule has 0 bridgehead atoms. The molecule has 1 N–H and O–H groups in total. The predicted octanol–water partition coefficient (Wildman–Crippen LogP) is 1.42. The minimum Gasteiger partial charge on any atom is -0.493 e. The molecule has 8 heteroatoms. The van der Waals surface area contributed by atoms with Gasteiger partial charge in [0.2, 0.25) is 15.9 Å².